The van der Waals surface area contributed by atoms with Crippen LogP contribution in [0.1, 0.15) is 24.2 Å². The van der Waals surface area contributed by atoms with Crippen LogP contribution in [0.15, 0.2) is 40.9 Å². The average Bonchev–Trinajstić information content (AvgIpc) is 2.81. The summed E-state index contributed by atoms with van der Waals surface area (Å²) < 4.78 is 5.00. The number of esters is 1. The average molecular weight is 291 g/mol. The normalized spacial score (nSPS) is 14.6. The third kappa shape index (κ3) is 3.22. The summed E-state index contributed by atoms with van der Waals surface area (Å²) in [5.41, 5.74) is 1.51. The maximum absolute atomic E-state index is 12.2. The molecule has 5 heteroatoms. The van der Waals surface area contributed by atoms with Crippen molar-refractivity contribution in [3.63, 3.8) is 0 Å². The Kier molecular flexibility index (Phi) is 4.84. The van der Waals surface area contributed by atoms with E-state index >= 15 is 0 Å². The maximum Gasteiger partial charge on any atom is 0.346 e. The van der Waals surface area contributed by atoms with Crippen molar-refractivity contribution in [2.24, 2.45) is 0 Å². The molecule has 0 saturated carbocycles. The van der Waals surface area contributed by atoms with Gasteiger partial charge in [-0.3, -0.25) is 4.79 Å². The minimum atomic E-state index is -0.301. The second kappa shape index (κ2) is 6.61. The lowest BCUT2D eigenvalue weighted by Gasteiger charge is -2.17. The zero-order chi connectivity index (χ0) is 14.5. The van der Waals surface area contributed by atoms with Crippen LogP contribution in [0.5, 0.6) is 0 Å². The van der Waals surface area contributed by atoms with Crippen LogP contribution in [-0.2, 0) is 9.53 Å². The van der Waals surface area contributed by atoms with Gasteiger partial charge in [0.2, 0.25) is 0 Å². The Hall–Kier alpha value is -1.75. The van der Waals surface area contributed by atoms with Crippen molar-refractivity contribution in [1.82, 2.24) is 4.90 Å². The zero-order valence-electron chi connectivity index (χ0n) is 11.6. The Balaban J connectivity index is 2.05. The van der Waals surface area contributed by atoms with Gasteiger partial charge in [0.1, 0.15) is 4.91 Å². The lowest BCUT2D eigenvalue weighted by molar-refractivity contribution is -0.137. The van der Waals surface area contributed by atoms with E-state index < -0.39 is 0 Å². The van der Waals surface area contributed by atoms with Crippen LogP contribution in [0.4, 0.5) is 0 Å². The Labute approximate surface area is 122 Å². The highest BCUT2D eigenvalue weighted by Gasteiger charge is 2.27. The van der Waals surface area contributed by atoms with Gasteiger partial charge in [0, 0.05) is 11.3 Å². The van der Waals surface area contributed by atoms with Crippen molar-refractivity contribution < 1.29 is 14.3 Å². The fraction of sp³-hybridized carbons (Fsp3) is 0.333. The first-order valence-corrected chi connectivity index (χ1v) is 7.46. The van der Waals surface area contributed by atoms with Crippen LogP contribution in [0.3, 0.4) is 0 Å². The number of ether oxygens (including phenoxy) is 1. The quantitative estimate of drug-likeness (QED) is 0.616. The number of allylic oxidation sites excluding steroid dienone is 1. The summed E-state index contributed by atoms with van der Waals surface area (Å²) in [6.45, 7) is 4.28. The fourth-order valence-electron chi connectivity index (χ4n) is 1.94. The van der Waals surface area contributed by atoms with Crippen LogP contribution >= 0.6 is 11.8 Å². The van der Waals surface area contributed by atoms with E-state index in [-0.39, 0.29) is 18.3 Å². The van der Waals surface area contributed by atoms with Gasteiger partial charge < -0.3 is 9.64 Å². The number of rotatable bonds is 5. The van der Waals surface area contributed by atoms with E-state index in [4.69, 9.17) is 4.74 Å². The van der Waals surface area contributed by atoms with E-state index in [2.05, 4.69) is 0 Å². The number of carbonyl (C=O) groups is 2. The molecule has 1 aliphatic rings. The number of benzene rings is 1. The monoisotopic (exact) mass is 291 g/mol. The van der Waals surface area contributed by atoms with Gasteiger partial charge in [-0.15, -0.1) is 0 Å². The summed E-state index contributed by atoms with van der Waals surface area (Å²) in [4.78, 5) is 26.4. The number of carbonyl (C=O) groups excluding carboxylic acids is 2. The lowest BCUT2D eigenvalue weighted by atomic mass is 10.1. The van der Waals surface area contributed by atoms with Crippen molar-refractivity contribution in [3.05, 3.63) is 46.5 Å². The molecule has 0 N–H and O–H groups in total. The summed E-state index contributed by atoms with van der Waals surface area (Å²) in [6.07, 6.45) is 0. The summed E-state index contributed by atoms with van der Waals surface area (Å²) in [5.74, 6) is 0.360. The number of thioether (sulfide) groups is 1. The summed E-state index contributed by atoms with van der Waals surface area (Å²) in [5, 5.41) is 0. The number of nitrogens with zero attached hydrogens (tertiary/aromatic N) is 1. The fourth-order valence-corrected chi connectivity index (χ4v) is 3.03. The van der Waals surface area contributed by atoms with Crippen molar-refractivity contribution >= 4 is 23.5 Å². The smallest absolute Gasteiger partial charge is 0.346 e. The van der Waals surface area contributed by atoms with E-state index in [1.807, 2.05) is 30.0 Å². The molecule has 2 rings (SSSR count). The second-order valence-electron chi connectivity index (χ2n) is 4.40. The van der Waals surface area contributed by atoms with Gasteiger partial charge in [-0.2, -0.15) is 0 Å². The minimum absolute atomic E-state index is 0.0515. The Morgan fingerprint density at radius 1 is 1.30 bits per heavy atom. The molecule has 0 radical (unpaired) electrons. The minimum Gasteiger partial charge on any atom is -0.462 e. The number of hydrogen-bond donors (Lipinski definition) is 0. The largest absolute Gasteiger partial charge is 0.462 e. The molecule has 0 aromatic heterocycles. The predicted molar refractivity (Wildman–Crippen MR) is 79.3 cm³/mol. The van der Waals surface area contributed by atoms with Crippen molar-refractivity contribution in [1.29, 1.82) is 0 Å². The van der Waals surface area contributed by atoms with Gasteiger partial charge in [-0.05, 0) is 13.8 Å². The molecule has 0 aliphatic carbocycles. The standard InChI is InChI=1S/C15H17NO3S/c1-3-19-15(18)14-11(2)16(10-20-14)9-13(17)12-7-5-4-6-8-12/h4-8H,3,9-10H2,1-2H3. The van der Waals surface area contributed by atoms with Gasteiger partial charge in [0.15, 0.2) is 5.78 Å². The zero-order valence-corrected chi connectivity index (χ0v) is 12.4. The first-order valence-electron chi connectivity index (χ1n) is 6.47. The molecule has 0 fully saturated rings. The number of Topliss-reactive ketones (excluding diaryl/α,β-unsaturated/α-hetero) is 1. The van der Waals surface area contributed by atoms with Crippen LogP contribution in [0.2, 0.25) is 0 Å². The molecule has 0 atom stereocenters. The Bertz CT molecular complexity index is 539. The molecule has 0 spiro atoms. The molecule has 1 aromatic rings. The van der Waals surface area contributed by atoms with Crippen LogP contribution in [0, 0.1) is 0 Å². The SMILES string of the molecule is CCOC(=O)C1=C(C)N(CC(=O)c2ccccc2)CS1. The Morgan fingerprint density at radius 2 is 2.00 bits per heavy atom. The van der Waals surface area contributed by atoms with Gasteiger partial charge in [-0.1, -0.05) is 42.1 Å². The van der Waals surface area contributed by atoms with E-state index in [0.29, 0.717) is 23.0 Å². The Morgan fingerprint density at radius 3 is 2.65 bits per heavy atom. The second-order valence-corrected chi connectivity index (χ2v) is 5.35. The molecule has 0 unspecified atom stereocenters. The van der Waals surface area contributed by atoms with Crippen molar-refractivity contribution in [2.45, 2.75) is 13.8 Å². The van der Waals surface area contributed by atoms with Crippen molar-refractivity contribution in [2.75, 3.05) is 19.0 Å². The molecule has 20 heavy (non-hydrogen) atoms. The molecular formula is C15H17NO3S. The molecule has 1 heterocycles. The number of hydrogen-bond acceptors (Lipinski definition) is 5. The third-order valence-corrected chi connectivity index (χ3v) is 4.25. The van der Waals surface area contributed by atoms with Crippen molar-refractivity contribution in [3.8, 4) is 0 Å². The first-order chi connectivity index (χ1) is 9.63. The summed E-state index contributed by atoms with van der Waals surface area (Å²) >= 11 is 1.42. The van der Waals surface area contributed by atoms with E-state index in [9.17, 15) is 9.59 Å². The highest BCUT2D eigenvalue weighted by molar-refractivity contribution is 8.04. The highest BCUT2D eigenvalue weighted by atomic mass is 32.2. The molecule has 0 bridgehead atoms. The maximum atomic E-state index is 12.2. The van der Waals surface area contributed by atoms with E-state index in [1.165, 1.54) is 11.8 Å². The summed E-state index contributed by atoms with van der Waals surface area (Å²) in [7, 11) is 0. The van der Waals surface area contributed by atoms with Gasteiger partial charge in [-0.25, -0.2) is 4.79 Å². The first kappa shape index (κ1) is 14.7. The van der Waals surface area contributed by atoms with Gasteiger partial charge in [0.05, 0.1) is 19.0 Å². The molecule has 106 valence electrons. The summed E-state index contributed by atoms with van der Waals surface area (Å²) in [6, 6.07) is 9.18. The molecule has 1 aromatic carbocycles. The molecule has 0 amide bonds. The highest BCUT2D eigenvalue weighted by Crippen LogP contribution is 2.32. The number of ketones is 1. The van der Waals surface area contributed by atoms with E-state index in [1.54, 1.807) is 19.1 Å². The topological polar surface area (TPSA) is 46.6 Å². The van der Waals surface area contributed by atoms with Gasteiger partial charge in [0.25, 0.3) is 0 Å². The predicted octanol–water partition coefficient (Wildman–Crippen LogP) is 2.67. The molecule has 1 aliphatic heterocycles. The third-order valence-electron chi connectivity index (χ3n) is 3.06. The van der Waals surface area contributed by atoms with Crippen LogP contribution < -0.4 is 0 Å². The van der Waals surface area contributed by atoms with Crippen LogP contribution in [0.25, 0.3) is 0 Å². The van der Waals surface area contributed by atoms with Crippen LogP contribution in [-0.4, -0.2) is 35.7 Å². The van der Waals surface area contributed by atoms with Gasteiger partial charge >= 0.3 is 5.97 Å². The lowest BCUT2D eigenvalue weighted by Crippen LogP contribution is -2.26. The van der Waals surface area contributed by atoms with E-state index in [0.717, 1.165) is 5.70 Å². The molecular weight excluding hydrogens is 274 g/mol. The molecule has 4 nitrogen and oxygen atoms in total. The molecule has 0 saturated heterocycles.